The number of nitrogens with zero attached hydrogens (tertiary/aromatic N) is 3. The quantitative estimate of drug-likeness (QED) is 0.665. The maximum absolute atomic E-state index is 12.9. The molecular weight excluding hydrogens is 378 g/mol. The second kappa shape index (κ2) is 7.20. The van der Waals surface area contributed by atoms with E-state index in [2.05, 4.69) is 5.10 Å². The van der Waals surface area contributed by atoms with E-state index < -0.39 is 9.84 Å². The van der Waals surface area contributed by atoms with E-state index in [4.69, 9.17) is 0 Å². The lowest BCUT2D eigenvalue weighted by molar-refractivity contribution is -0.131. The zero-order valence-corrected chi connectivity index (χ0v) is 15.9. The van der Waals surface area contributed by atoms with Gasteiger partial charge in [0.2, 0.25) is 5.91 Å². The molecule has 3 aromatic rings. The van der Waals surface area contributed by atoms with Crippen LogP contribution in [-0.2, 0) is 21.2 Å². The summed E-state index contributed by atoms with van der Waals surface area (Å²) < 4.78 is 24.3. The SMILES string of the molecule is O=C(Cn1nc(-c2ccccc2)c2ccccc2c1=O)N1CCS(=O)(=O)CC1. The van der Waals surface area contributed by atoms with Crippen molar-refractivity contribution in [3.8, 4) is 11.3 Å². The molecule has 4 rings (SSSR count). The van der Waals surface area contributed by atoms with Crippen molar-refractivity contribution in [2.45, 2.75) is 6.54 Å². The topological polar surface area (TPSA) is 89.3 Å². The first-order valence-electron chi connectivity index (χ1n) is 8.98. The van der Waals surface area contributed by atoms with Gasteiger partial charge in [-0.25, -0.2) is 13.1 Å². The first-order valence-corrected chi connectivity index (χ1v) is 10.8. The van der Waals surface area contributed by atoms with E-state index in [1.165, 1.54) is 9.58 Å². The predicted molar refractivity (Wildman–Crippen MR) is 107 cm³/mol. The van der Waals surface area contributed by atoms with Crippen molar-refractivity contribution in [1.29, 1.82) is 0 Å². The lowest BCUT2D eigenvalue weighted by Crippen LogP contribution is -2.46. The molecule has 144 valence electrons. The van der Waals surface area contributed by atoms with Crippen LogP contribution in [0.3, 0.4) is 0 Å². The van der Waals surface area contributed by atoms with Gasteiger partial charge in [0.25, 0.3) is 5.56 Å². The van der Waals surface area contributed by atoms with Gasteiger partial charge in [-0.05, 0) is 6.07 Å². The van der Waals surface area contributed by atoms with Crippen LogP contribution in [0.25, 0.3) is 22.0 Å². The third kappa shape index (κ3) is 3.55. The number of sulfone groups is 1. The summed E-state index contributed by atoms with van der Waals surface area (Å²) in [5.41, 5.74) is 1.14. The van der Waals surface area contributed by atoms with Gasteiger partial charge in [-0.15, -0.1) is 0 Å². The molecule has 7 nitrogen and oxygen atoms in total. The molecule has 0 saturated carbocycles. The predicted octanol–water partition coefficient (Wildman–Crippen LogP) is 1.32. The molecule has 1 amide bonds. The van der Waals surface area contributed by atoms with E-state index in [9.17, 15) is 18.0 Å². The molecule has 1 aromatic heterocycles. The van der Waals surface area contributed by atoms with Gasteiger partial charge in [0, 0.05) is 24.0 Å². The lowest BCUT2D eigenvalue weighted by Gasteiger charge is -2.26. The maximum Gasteiger partial charge on any atom is 0.275 e. The Labute approximate surface area is 162 Å². The lowest BCUT2D eigenvalue weighted by atomic mass is 10.1. The average molecular weight is 397 g/mol. The normalized spacial score (nSPS) is 16.2. The van der Waals surface area contributed by atoms with E-state index in [-0.39, 0.29) is 42.6 Å². The molecule has 8 heteroatoms. The summed E-state index contributed by atoms with van der Waals surface area (Å²) in [6.07, 6.45) is 0. The summed E-state index contributed by atoms with van der Waals surface area (Å²) in [7, 11) is -3.08. The molecule has 1 aliphatic rings. The first-order chi connectivity index (χ1) is 13.4. The number of hydrogen-bond donors (Lipinski definition) is 0. The van der Waals surface area contributed by atoms with E-state index in [1.54, 1.807) is 12.1 Å². The Morgan fingerprint density at radius 2 is 1.54 bits per heavy atom. The largest absolute Gasteiger partial charge is 0.339 e. The van der Waals surface area contributed by atoms with Crippen molar-refractivity contribution in [3.63, 3.8) is 0 Å². The van der Waals surface area contributed by atoms with Crippen molar-refractivity contribution in [1.82, 2.24) is 14.7 Å². The maximum atomic E-state index is 12.9. The third-order valence-corrected chi connectivity index (χ3v) is 6.51. The molecule has 0 aliphatic carbocycles. The van der Waals surface area contributed by atoms with Crippen LogP contribution < -0.4 is 5.56 Å². The molecule has 0 spiro atoms. The zero-order valence-electron chi connectivity index (χ0n) is 15.1. The number of carbonyl (C=O) groups excluding carboxylic acids is 1. The van der Waals surface area contributed by atoms with Gasteiger partial charge >= 0.3 is 0 Å². The molecule has 1 fully saturated rings. The molecule has 0 N–H and O–H groups in total. The number of benzene rings is 2. The van der Waals surface area contributed by atoms with E-state index in [1.807, 2.05) is 42.5 Å². The number of aromatic nitrogens is 2. The Bertz CT molecular complexity index is 1190. The van der Waals surface area contributed by atoms with Crippen molar-refractivity contribution in [3.05, 3.63) is 65.0 Å². The molecule has 1 saturated heterocycles. The third-order valence-electron chi connectivity index (χ3n) is 4.90. The highest BCUT2D eigenvalue weighted by molar-refractivity contribution is 7.91. The standard InChI is InChI=1S/C20H19N3O4S/c24-18(22-10-12-28(26,27)13-11-22)14-23-20(25)17-9-5-4-8-16(17)19(21-23)15-6-2-1-3-7-15/h1-9H,10-14H2. The highest BCUT2D eigenvalue weighted by Gasteiger charge is 2.25. The molecule has 28 heavy (non-hydrogen) atoms. The van der Waals surface area contributed by atoms with E-state index >= 15 is 0 Å². The summed E-state index contributed by atoms with van der Waals surface area (Å²) in [5.74, 6) is -0.402. The fourth-order valence-electron chi connectivity index (χ4n) is 3.34. The van der Waals surface area contributed by atoms with Crippen LogP contribution in [0.1, 0.15) is 0 Å². The molecule has 0 bridgehead atoms. The Balaban J connectivity index is 1.73. The van der Waals surface area contributed by atoms with Crippen LogP contribution in [0.5, 0.6) is 0 Å². The van der Waals surface area contributed by atoms with Gasteiger partial charge in [0.1, 0.15) is 6.54 Å². The fraction of sp³-hybridized carbons (Fsp3) is 0.250. The van der Waals surface area contributed by atoms with Gasteiger partial charge in [0.15, 0.2) is 9.84 Å². The number of carbonyl (C=O) groups is 1. The van der Waals surface area contributed by atoms with Crippen molar-refractivity contribution >= 4 is 26.5 Å². The van der Waals surface area contributed by atoms with Crippen molar-refractivity contribution < 1.29 is 13.2 Å². The van der Waals surface area contributed by atoms with Crippen molar-refractivity contribution in [2.75, 3.05) is 24.6 Å². The van der Waals surface area contributed by atoms with Gasteiger partial charge < -0.3 is 4.90 Å². The molecule has 0 unspecified atom stereocenters. The molecular formula is C20H19N3O4S. The van der Waals surface area contributed by atoms with Crippen LogP contribution in [-0.4, -0.2) is 53.6 Å². The second-order valence-electron chi connectivity index (χ2n) is 6.76. The highest BCUT2D eigenvalue weighted by atomic mass is 32.2. The number of amides is 1. The summed E-state index contributed by atoms with van der Waals surface area (Å²) in [4.78, 5) is 27.0. The minimum atomic E-state index is -3.08. The van der Waals surface area contributed by atoms with Crippen molar-refractivity contribution in [2.24, 2.45) is 0 Å². The summed E-state index contributed by atoms with van der Waals surface area (Å²) >= 11 is 0. The summed E-state index contributed by atoms with van der Waals surface area (Å²) in [6, 6.07) is 16.7. The Morgan fingerprint density at radius 3 is 2.21 bits per heavy atom. The molecule has 1 aliphatic heterocycles. The zero-order chi connectivity index (χ0) is 19.7. The molecule has 2 aromatic carbocycles. The number of fused-ring (bicyclic) bond motifs is 1. The Morgan fingerprint density at radius 1 is 0.929 bits per heavy atom. The number of hydrogen-bond acceptors (Lipinski definition) is 5. The highest BCUT2D eigenvalue weighted by Crippen LogP contribution is 2.24. The van der Waals surface area contributed by atoms with Gasteiger partial charge in [-0.3, -0.25) is 9.59 Å². The van der Waals surface area contributed by atoms with Crippen LogP contribution in [0.15, 0.2) is 59.4 Å². The Hall–Kier alpha value is -3.00. The molecule has 0 atom stereocenters. The van der Waals surface area contributed by atoms with Crippen LogP contribution in [0.2, 0.25) is 0 Å². The molecule has 2 heterocycles. The fourth-order valence-corrected chi connectivity index (χ4v) is 4.54. The van der Waals surface area contributed by atoms with E-state index in [0.29, 0.717) is 11.1 Å². The Kier molecular flexibility index (Phi) is 4.72. The van der Waals surface area contributed by atoms with Crippen LogP contribution >= 0.6 is 0 Å². The van der Waals surface area contributed by atoms with Crippen LogP contribution in [0, 0.1) is 0 Å². The van der Waals surface area contributed by atoms with Gasteiger partial charge in [-0.1, -0.05) is 48.5 Å². The first kappa shape index (κ1) is 18.4. The minimum Gasteiger partial charge on any atom is -0.339 e. The minimum absolute atomic E-state index is 0.0476. The van der Waals surface area contributed by atoms with Crippen LogP contribution in [0.4, 0.5) is 0 Å². The monoisotopic (exact) mass is 397 g/mol. The molecule has 0 radical (unpaired) electrons. The summed E-state index contributed by atoms with van der Waals surface area (Å²) in [6.45, 7) is 0.0770. The van der Waals surface area contributed by atoms with Gasteiger partial charge in [-0.2, -0.15) is 5.10 Å². The summed E-state index contributed by atoms with van der Waals surface area (Å²) in [5, 5.41) is 5.69. The van der Waals surface area contributed by atoms with E-state index in [0.717, 1.165) is 10.9 Å². The second-order valence-corrected chi connectivity index (χ2v) is 9.06. The number of rotatable bonds is 3. The van der Waals surface area contributed by atoms with Gasteiger partial charge in [0.05, 0.1) is 22.6 Å². The smallest absolute Gasteiger partial charge is 0.275 e. The average Bonchev–Trinajstić information content (AvgIpc) is 2.70.